The van der Waals surface area contributed by atoms with E-state index in [-0.39, 0.29) is 0 Å². The average molecular weight is 299 g/mol. The van der Waals surface area contributed by atoms with E-state index in [2.05, 4.69) is 52.7 Å². The van der Waals surface area contributed by atoms with E-state index in [1.807, 2.05) is 6.07 Å². The van der Waals surface area contributed by atoms with Crippen molar-refractivity contribution in [1.29, 1.82) is 0 Å². The molecule has 0 aromatic heterocycles. The highest BCUT2D eigenvalue weighted by Crippen LogP contribution is 2.41. The van der Waals surface area contributed by atoms with Crippen LogP contribution in [0.1, 0.15) is 23.5 Å². The molecule has 2 aliphatic heterocycles. The molecule has 0 saturated carbocycles. The Morgan fingerprint density at radius 1 is 1.14 bits per heavy atom. The lowest BCUT2D eigenvalue weighted by Gasteiger charge is -2.35. The van der Waals surface area contributed by atoms with E-state index in [0.717, 1.165) is 24.7 Å². The summed E-state index contributed by atoms with van der Waals surface area (Å²) < 4.78 is 0. The molecule has 2 heterocycles. The van der Waals surface area contributed by atoms with Crippen LogP contribution in [0.3, 0.4) is 0 Å². The molecule has 0 aliphatic carbocycles. The summed E-state index contributed by atoms with van der Waals surface area (Å²) in [5, 5.41) is 4.51. The van der Waals surface area contributed by atoms with Crippen molar-refractivity contribution < 1.29 is 0 Å². The van der Waals surface area contributed by atoms with Gasteiger partial charge in [0.2, 0.25) is 0 Å². The van der Waals surface area contributed by atoms with Gasteiger partial charge in [-0.15, -0.1) is 0 Å². The number of nitrogens with zero attached hydrogens (tertiary/aromatic N) is 1. The van der Waals surface area contributed by atoms with Crippen molar-refractivity contribution in [3.05, 3.63) is 64.7 Å². The summed E-state index contributed by atoms with van der Waals surface area (Å²) in [4.78, 5) is 2.56. The van der Waals surface area contributed by atoms with Gasteiger partial charge in [-0.3, -0.25) is 4.90 Å². The molecular formula is C18H19ClN2. The van der Waals surface area contributed by atoms with Gasteiger partial charge in [0.15, 0.2) is 0 Å². The maximum atomic E-state index is 6.18. The number of hydrogen-bond acceptors (Lipinski definition) is 2. The molecule has 2 nitrogen and oxygen atoms in total. The lowest BCUT2D eigenvalue weighted by atomic mass is 9.89. The van der Waals surface area contributed by atoms with Crippen LogP contribution in [0.2, 0.25) is 5.02 Å². The monoisotopic (exact) mass is 298 g/mol. The van der Waals surface area contributed by atoms with Gasteiger partial charge in [-0.05, 0) is 35.7 Å². The minimum Gasteiger partial charge on any atom is -0.381 e. The molecule has 2 atom stereocenters. The number of fused-ring (bicyclic) bond motifs is 3. The summed E-state index contributed by atoms with van der Waals surface area (Å²) in [6.07, 6.45) is 1.20. The maximum Gasteiger partial charge on any atom is 0.0410 e. The topological polar surface area (TPSA) is 15.3 Å². The van der Waals surface area contributed by atoms with Crippen molar-refractivity contribution in [2.24, 2.45) is 0 Å². The lowest BCUT2D eigenvalue weighted by molar-refractivity contribution is 0.194. The Labute approximate surface area is 130 Å². The normalized spacial score (nSPS) is 24.2. The number of halogens is 1. The molecule has 2 unspecified atom stereocenters. The van der Waals surface area contributed by atoms with Crippen LogP contribution in [0.25, 0.3) is 0 Å². The molecule has 0 amide bonds. The van der Waals surface area contributed by atoms with E-state index in [4.69, 9.17) is 11.6 Å². The SMILES string of the molecule is Clc1ccc2c(c1)C1CN(Cc3ccccc3)CCC1N2. The van der Waals surface area contributed by atoms with Crippen molar-refractivity contribution in [2.45, 2.75) is 24.9 Å². The highest BCUT2D eigenvalue weighted by atomic mass is 35.5. The predicted molar refractivity (Wildman–Crippen MR) is 87.9 cm³/mol. The van der Waals surface area contributed by atoms with Crippen molar-refractivity contribution in [3.63, 3.8) is 0 Å². The number of hydrogen-bond donors (Lipinski definition) is 1. The van der Waals surface area contributed by atoms with E-state index in [9.17, 15) is 0 Å². The maximum absolute atomic E-state index is 6.18. The van der Waals surface area contributed by atoms with E-state index >= 15 is 0 Å². The van der Waals surface area contributed by atoms with Gasteiger partial charge in [0.05, 0.1) is 0 Å². The van der Waals surface area contributed by atoms with Crippen LogP contribution in [0.15, 0.2) is 48.5 Å². The average Bonchev–Trinajstić information content (AvgIpc) is 2.86. The Kier molecular flexibility index (Phi) is 3.36. The number of piperidine rings is 1. The fraction of sp³-hybridized carbons (Fsp3) is 0.333. The second-order valence-electron chi connectivity index (χ2n) is 6.10. The molecule has 2 aromatic rings. The molecule has 3 heteroatoms. The third kappa shape index (κ3) is 2.54. The minimum absolute atomic E-state index is 0.566. The Balaban J connectivity index is 1.53. The van der Waals surface area contributed by atoms with Crippen molar-refractivity contribution >= 4 is 17.3 Å². The predicted octanol–water partition coefficient (Wildman–Crippen LogP) is 4.12. The van der Waals surface area contributed by atoms with Crippen molar-refractivity contribution in [2.75, 3.05) is 18.4 Å². The zero-order chi connectivity index (χ0) is 14.2. The first-order valence-electron chi connectivity index (χ1n) is 7.62. The molecule has 1 N–H and O–H groups in total. The van der Waals surface area contributed by atoms with Crippen LogP contribution in [-0.4, -0.2) is 24.0 Å². The number of benzene rings is 2. The first-order valence-corrected chi connectivity index (χ1v) is 8.00. The molecule has 1 saturated heterocycles. The Morgan fingerprint density at radius 3 is 2.86 bits per heavy atom. The van der Waals surface area contributed by atoms with E-state index in [1.54, 1.807) is 0 Å². The second-order valence-corrected chi connectivity index (χ2v) is 6.53. The van der Waals surface area contributed by atoms with E-state index < -0.39 is 0 Å². The highest BCUT2D eigenvalue weighted by molar-refractivity contribution is 6.30. The minimum atomic E-state index is 0.566. The molecule has 0 spiro atoms. The Bertz CT molecular complexity index is 641. The van der Waals surface area contributed by atoms with Gasteiger partial charge >= 0.3 is 0 Å². The van der Waals surface area contributed by atoms with Gasteiger partial charge in [-0.1, -0.05) is 41.9 Å². The zero-order valence-corrected chi connectivity index (χ0v) is 12.7. The second kappa shape index (κ2) is 5.36. The molecule has 4 rings (SSSR count). The highest BCUT2D eigenvalue weighted by Gasteiger charge is 2.36. The molecular weight excluding hydrogens is 280 g/mol. The zero-order valence-electron chi connectivity index (χ0n) is 11.9. The van der Waals surface area contributed by atoms with Gasteiger partial charge < -0.3 is 5.32 Å². The summed E-state index contributed by atoms with van der Waals surface area (Å²) in [7, 11) is 0. The first kappa shape index (κ1) is 13.2. The summed E-state index contributed by atoms with van der Waals surface area (Å²) >= 11 is 6.18. The smallest absolute Gasteiger partial charge is 0.0410 e. The molecule has 0 radical (unpaired) electrons. The number of nitrogens with one attached hydrogen (secondary N) is 1. The van der Waals surface area contributed by atoms with Crippen LogP contribution in [0.4, 0.5) is 5.69 Å². The van der Waals surface area contributed by atoms with Crippen LogP contribution >= 0.6 is 11.6 Å². The third-order valence-corrected chi connectivity index (χ3v) is 4.94. The standard InChI is InChI=1S/C18H19ClN2/c19-14-6-7-17-15(10-14)16-12-21(9-8-18(16)20-17)11-13-4-2-1-3-5-13/h1-7,10,16,18,20H,8-9,11-12H2. The van der Waals surface area contributed by atoms with Gasteiger partial charge in [0.1, 0.15) is 0 Å². The fourth-order valence-corrected chi connectivity index (χ4v) is 3.84. The quantitative estimate of drug-likeness (QED) is 0.897. The fourth-order valence-electron chi connectivity index (χ4n) is 3.66. The molecule has 0 bridgehead atoms. The van der Waals surface area contributed by atoms with Crippen molar-refractivity contribution in [1.82, 2.24) is 4.90 Å². The first-order chi connectivity index (χ1) is 10.3. The Morgan fingerprint density at radius 2 is 2.00 bits per heavy atom. The number of anilines is 1. The van der Waals surface area contributed by atoms with Crippen LogP contribution < -0.4 is 5.32 Å². The van der Waals surface area contributed by atoms with E-state index in [1.165, 1.54) is 23.2 Å². The Hall–Kier alpha value is -1.51. The third-order valence-electron chi connectivity index (χ3n) is 4.70. The van der Waals surface area contributed by atoms with Crippen LogP contribution in [0.5, 0.6) is 0 Å². The van der Waals surface area contributed by atoms with Crippen molar-refractivity contribution in [3.8, 4) is 0 Å². The van der Waals surface area contributed by atoms with Crippen LogP contribution in [-0.2, 0) is 6.54 Å². The molecule has 2 aliphatic rings. The largest absolute Gasteiger partial charge is 0.381 e. The van der Waals surface area contributed by atoms with Gasteiger partial charge in [0, 0.05) is 42.3 Å². The lowest BCUT2D eigenvalue weighted by Crippen LogP contribution is -2.41. The number of rotatable bonds is 2. The van der Waals surface area contributed by atoms with E-state index in [0.29, 0.717) is 12.0 Å². The van der Waals surface area contributed by atoms with Gasteiger partial charge in [-0.25, -0.2) is 0 Å². The summed E-state index contributed by atoms with van der Waals surface area (Å²) in [5.74, 6) is 0.566. The van der Waals surface area contributed by atoms with Crippen LogP contribution in [0, 0.1) is 0 Å². The van der Waals surface area contributed by atoms with Gasteiger partial charge in [0.25, 0.3) is 0 Å². The molecule has 21 heavy (non-hydrogen) atoms. The molecule has 1 fully saturated rings. The molecule has 108 valence electrons. The summed E-state index contributed by atoms with van der Waals surface area (Å²) in [6.45, 7) is 3.31. The summed E-state index contributed by atoms with van der Waals surface area (Å²) in [6, 6.07) is 17.6. The summed E-state index contributed by atoms with van der Waals surface area (Å²) in [5.41, 5.74) is 4.06. The number of likely N-dealkylation sites (tertiary alicyclic amines) is 1. The molecule has 2 aromatic carbocycles. The van der Waals surface area contributed by atoms with Gasteiger partial charge in [-0.2, -0.15) is 0 Å².